The lowest BCUT2D eigenvalue weighted by Crippen LogP contribution is -2.22. The first-order valence-corrected chi connectivity index (χ1v) is 4.14. The van der Waals surface area contributed by atoms with Crippen molar-refractivity contribution >= 4 is 11.6 Å². The molecule has 1 unspecified atom stereocenters. The van der Waals surface area contributed by atoms with Crippen molar-refractivity contribution in [3.63, 3.8) is 0 Å². The average Bonchev–Trinajstić information content (AvgIpc) is 2.17. The van der Waals surface area contributed by atoms with Gasteiger partial charge in [-0.3, -0.25) is 0 Å². The lowest BCUT2D eigenvalue weighted by atomic mass is 10.2. The average molecular weight is 148 g/mol. The molecular weight excluding hydrogens is 134 g/mol. The number of nitrogens with zero attached hydrogens (tertiary/aromatic N) is 1. The van der Waals surface area contributed by atoms with E-state index >= 15 is 0 Å². The molecule has 1 aliphatic heterocycles. The van der Waals surface area contributed by atoms with Crippen molar-refractivity contribution < 1.29 is 0 Å². The van der Waals surface area contributed by atoms with Gasteiger partial charge in [-0.25, -0.2) is 0 Å². The lowest BCUT2D eigenvalue weighted by molar-refractivity contribution is 0.348. The zero-order valence-corrected chi connectivity index (χ0v) is 6.69. The lowest BCUT2D eigenvalue weighted by Gasteiger charge is -2.11. The summed E-state index contributed by atoms with van der Waals surface area (Å²) in [7, 11) is 0. The van der Waals surface area contributed by atoms with Gasteiger partial charge in [0.15, 0.2) is 0 Å². The molecule has 0 aromatic rings. The maximum absolute atomic E-state index is 5.59. The Kier molecular flexibility index (Phi) is 2.80. The Morgan fingerprint density at radius 3 is 2.89 bits per heavy atom. The van der Waals surface area contributed by atoms with E-state index < -0.39 is 0 Å². The summed E-state index contributed by atoms with van der Waals surface area (Å²) in [5, 5.41) is 0. The molecule has 1 rings (SSSR count). The molecule has 1 heterocycles. The highest BCUT2D eigenvalue weighted by Gasteiger charge is 2.16. The minimum atomic E-state index is 0.784. The molecule has 0 aromatic carbocycles. The molecule has 0 aliphatic carbocycles. The fourth-order valence-electron chi connectivity index (χ4n) is 1.35. The fourth-order valence-corrected chi connectivity index (χ4v) is 1.59. The highest BCUT2D eigenvalue weighted by atomic mass is 35.5. The Hall–Kier alpha value is 0.250. The normalized spacial score (nSPS) is 29.3. The monoisotopic (exact) mass is 147 g/mol. The van der Waals surface area contributed by atoms with Gasteiger partial charge in [0.05, 0.1) is 0 Å². The molecule has 1 atom stereocenters. The standard InChI is InChI=1S/C7H14ClN/c1-7-2-4-9(6-7)5-3-8/h7H,2-6H2,1H3. The summed E-state index contributed by atoms with van der Waals surface area (Å²) in [4.78, 5) is 2.43. The summed E-state index contributed by atoms with van der Waals surface area (Å²) in [5.41, 5.74) is 0. The Bertz CT molecular complexity index is 83.0. The molecule has 1 fully saturated rings. The quantitative estimate of drug-likeness (QED) is 0.536. The smallest absolute Gasteiger partial charge is 0.0351 e. The minimum absolute atomic E-state index is 0.784. The van der Waals surface area contributed by atoms with E-state index in [1.54, 1.807) is 0 Å². The number of alkyl halides is 1. The first kappa shape index (κ1) is 7.36. The molecule has 0 amide bonds. The van der Waals surface area contributed by atoms with E-state index in [1.807, 2.05) is 0 Å². The third-order valence-corrected chi connectivity index (χ3v) is 2.08. The van der Waals surface area contributed by atoms with E-state index in [4.69, 9.17) is 11.6 Å². The van der Waals surface area contributed by atoms with Gasteiger partial charge >= 0.3 is 0 Å². The van der Waals surface area contributed by atoms with Gasteiger partial charge in [-0.05, 0) is 18.9 Å². The van der Waals surface area contributed by atoms with E-state index in [9.17, 15) is 0 Å². The highest BCUT2D eigenvalue weighted by Crippen LogP contribution is 2.13. The summed E-state index contributed by atoms with van der Waals surface area (Å²) >= 11 is 5.59. The van der Waals surface area contributed by atoms with Crippen LogP contribution >= 0.6 is 11.6 Å². The molecule has 0 bridgehead atoms. The van der Waals surface area contributed by atoms with Crippen LogP contribution in [-0.2, 0) is 0 Å². The van der Waals surface area contributed by atoms with E-state index in [0.717, 1.165) is 18.3 Å². The van der Waals surface area contributed by atoms with Crippen molar-refractivity contribution in [2.45, 2.75) is 13.3 Å². The Morgan fingerprint density at radius 2 is 2.44 bits per heavy atom. The molecule has 0 saturated carbocycles. The van der Waals surface area contributed by atoms with Crippen LogP contribution in [-0.4, -0.2) is 30.4 Å². The van der Waals surface area contributed by atoms with Crippen molar-refractivity contribution in [2.75, 3.05) is 25.5 Å². The van der Waals surface area contributed by atoms with E-state index in [-0.39, 0.29) is 0 Å². The van der Waals surface area contributed by atoms with Crippen molar-refractivity contribution in [1.29, 1.82) is 0 Å². The summed E-state index contributed by atoms with van der Waals surface area (Å²) in [6, 6.07) is 0. The topological polar surface area (TPSA) is 3.24 Å². The van der Waals surface area contributed by atoms with Crippen LogP contribution in [0, 0.1) is 5.92 Å². The zero-order chi connectivity index (χ0) is 6.69. The Labute approximate surface area is 62.0 Å². The molecular formula is C7H14ClN. The van der Waals surface area contributed by atoms with Crippen LogP contribution in [0.4, 0.5) is 0 Å². The van der Waals surface area contributed by atoms with Gasteiger partial charge in [-0.15, -0.1) is 11.6 Å². The van der Waals surface area contributed by atoms with Crippen LogP contribution in [0.25, 0.3) is 0 Å². The predicted octanol–water partition coefficient (Wildman–Crippen LogP) is 1.57. The van der Waals surface area contributed by atoms with E-state index in [0.29, 0.717) is 0 Å². The first-order valence-electron chi connectivity index (χ1n) is 3.61. The zero-order valence-electron chi connectivity index (χ0n) is 5.94. The number of hydrogen-bond donors (Lipinski definition) is 0. The van der Waals surface area contributed by atoms with Gasteiger partial charge in [0.25, 0.3) is 0 Å². The number of halogens is 1. The second kappa shape index (κ2) is 3.43. The molecule has 9 heavy (non-hydrogen) atoms. The molecule has 1 saturated heterocycles. The summed E-state index contributed by atoms with van der Waals surface area (Å²) < 4.78 is 0. The van der Waals surface area contributed by atoms with Crippen LogP contribution in [0.5, 0.6) is 0 Å². The Balaban J connectivity index is 2.14. The Morgan fingerprint density at radius 1 is 1.67 bits per heavy atom. The van der Waals surface area contributed by atoms with Gasteiger partial charge in [-0.1, -0.05) is 6.92 Å². The molecule has 2 heteroatoms. The SMILES string of the molecule is CC1CCN(CCCl)C1. The maximum Gasteiger partial charge on any atom is 0.0351 e. The van der Waals surface area contributed by atoms with Gasteiger partial charge < -0.3 is 4.90 Å². The third-order valence-electron chi connectivity index (χ3n) is 1.91. The second-order valence-electron chi connectivity index (χ2n) is 2.88. The molecule has 0 N–H and O–H groups in total. The van der Waals surface area contributed by atoms with E-state index in [2.05, 4.69) is 11.8 Å². The molecule has 1 nitrogen and oxygen atoms in total. The van der Waals surface area contributed by atoms with Crippen LogP contribution in [0.1, 0.15) is 13.3 Å². The van der Waals surface area contributed by atoms with Gasteiger partial charge in [-0.2, -0.15) is 0 Å². The van der Waals surface area contributed by atoms with E-state index in [1.165, 1.54) is 19.5 Å². The van der Waals surface area contributed by atoms with Crippen LogP contribution < -0.4 is 0 Å². The largest absolute Gasteiger partial charge is 0.302 e. The maximum atomic E-state index is 5.59. The van der Waals surface area contributed by atoms with Crippen molar-refractivity contribution in [3.05, 3.63) is 0 Å². The van der Waals surface area contributed by atoms with Gasteiger partial charge in [0, 0.05) is 19.0 Å². The molecule has 0 radical (unpaired) electrons. The fraction of sp³-hybridized carbons (Fsp3) is 1.00. The number of likely N-dealkylation sites (tertiary alicyclic amines) is 1. The minimum Gasteiger partial charge on any atom is -0.302 e. The summed E-state index contributed by atoms with van der Waals surface area (Å²) in [6.45, 7) is 5.89. The van der Waals surface area contributed by atoms with Crippen molar-refractivity contribution in [1.82, 2.24) is 4.90 Å². The number of rotatable bonds is 2. The third kappa shape index (κ3) is 2.15. The highest BCUT2D eigenvalue weighted by molar-refractivity contribution is 6.18. The second-order valence-corrected chi connectivity index (χ2v) is 3.26. The van der Waals surface area contributed by atoms with Gasteiger partial charge in [0.1, 0.15) is 0 Å². The molecule has 1 aliphatic rings. The molecule has 54 valence electrons. The summed E-state index contributed by atoms with van der Waals surface area (Å²) in [6.07, 6.45) is 1.36. The number of hydrogen-bond acceptors (Lipinski definition) is 1. The first-order chi connectivity index (χ1) is 4.33. The van der Waals surface area contributed by atoms with Crippen molar-refractivity contribution in [3.8, 4) is 0 Å². The predicted molar refractivity (Wildman–Crippen MR) is 40.9 cm³/mol. The molecule has 0 aromatic heterocycles. The summed E-state index contributed by atoms with van der Waals surface area (Å²) in [5.74, 6) is 1.68. The van der Waals surface area contributed by atoms with Crippen LogP contribution in [0.15, 0.2) is 0 Å². The van der Waals surface area contributed by atoms with Gasteiger partial charge in [0.2, 0.25) is 0 Å². The van der Waals surface area contributed by atoms with Crippen LogP contribution in [0.3, 0.4) is 0 Å². The van der Waals surface area contributed by atoms with Crippen molar-refractivity contribution in [2.24, 2.45) is 5.92 Å². The van der Waals surface area contributed by atoms with Crippen LogP contribution in [0.2, 0.25) is 0 Å². The molecule has 0 spiro atoms.